The number of nitrogens with zero attached hydrogens (tertiary/aromatic N) is 3. The van der Waals surface area contributed by atoms with Gasteiger partial charge in [0.25, 0.3) is 5.56 Å². The third-order valence-electron chi connectivity index (χ3n) is 6.19. The van der Waals surface area contributed by atoms with Gasteiger partial charge in [0.05, 0.1) is 17.3 Å². The van der Waals surface area contributed by atoms with Gasteiger partial charge in [0.2, 0.25) is 0 Å². The number of aryl methyl sites for hydroxylation is 1. The number of amides is 1. The number of para-hydroxylation sites is 1. The summed E-state index contributed by atoms with van der Waals surface area (Å²) in [6.07, 6.45) is 1.16. The normalized spacial score (nSPS) is 14.8. The number of hydrogen-bond donors (Lipinski definition) is 1. The molecule has 0 saturated heterocycles. The lowest BCUT2D eigenvalue weighted by Crippen LogP contribution is -2.30. The van der Waals surface area contributed by atoms with Gasteiger partial charge in [0.1, 0.15) is 5.02 Å². The number of pyridine rings is 1. The van der Waals surface area contributed by atoms with Gasteiger partial charge < -0.3 is 14.6 Å². The number of carbonyl (C=O) groups excluding carboxylic acids is 1. The Bertz CT molecular complexity index is 1270. The molecule has 1 aromatic heterocycles. The smallest absolute Gasteiger partial charge is 0.316 e. The van der Waals surface area contributed by atoms with Gasteiger partial charge in [-0.15, -0.1) is 4.91 Å². The van der Waals surface area contributed by atoms with Crippen molar-refractivity contribution in [1.29, 1.82) is 0 Å². The molecule has 7 nitrogen and oxygen atoms in total. The molecule has 0 fully saturated rings. The maximum absolute atomic E-state index is 13.0. The van der Waals surface area contributed by atoms with Crippen molar-refractivity contribution in [2.24, 2.45) is 5.18 Å². The van der Waals surface area contributed by atoms with Crippen LogP contribution in [-0.4, -0.2) is 28.7 Å². The van der Waals surface area contributed by atoms with Gasteiger partial charge in [-0.1, -0.05) is 53.5 Å². The molecule has 1 amide bonds. The van der Waals surface area contributed by atoms with Gasteiger partial charge in [0.15, 0.2) is 0 Å². The van der Waals surface area contributed by atoms with Gasteiger partial charge in [-0.2, -0.15) is 0 Å². The SMILES string of the molecule is O=NC(=O)c1ccc(CCn2c(CN3CC(CCO)c4ccccc43)c(Cl)cc(Cl)c2=O)cc1. The molecule has 1 N–H and O–H groups in total. The van der Waals surface area contributed by atoms with Gasteiger partial charge in [0, 0.05) is 42.0 Å². The summed E-state index contributed by atoms with van der Waals surface area (Å²) in [4.78, 5) is 37.0. The molecule has 176 valence electrons. The second kappa shape index (κ2) is 10.5. The fourth-order valence-corrected chi connectivity index (χ4v) is 5.00. The molecular weight excluding hydrogens is 477 g/mol. The third kappa shape index (κ3) is 4.92. The zero-order chi connectivity index (χ0) is 24.2. The van der Waals surface area contributed by atoms with E-state index in [-0.39, 0.29) is 28.7 Å². The molecule has 34 heavy (non-hydrogen) atoms. The predicted molar refractivity (Wildman–Crippen MR) is 133 cm³/mol. The summed E-state index contributed by atoms with van der Waals surface area (Å²) in [7, 11) is 0. The molecule has 1 aliphatic rings. The first-order chi connectivity index (χ1) is 16.4. The summed E-state index contributed by atoms with van der Waals surface area (Å²) in [6, 6.07) is 16.1. The lowest BCUT2D eigenvalue weighted by Gasteiger charge is -2.24. The Labute approximate surface area is 206 Å². The minimum Gasteiger partial charge on any atom is -0.396 e. The molecular formula is C25H23Cl2N3O4. The lowest BCUT2D eigenvalue weighted by atomic mass is 9.99. The average molecular weight is 500 g/mol. The number of hydrogen-bond acceptors (Lipinski definition) is 5. The van der Waals surface area contributed by atoms with Crippen LogP contribution in [0.25, 0.3) is 0 Å². The van der Waals surface area contributed by atoms with Crippen LogP contribution >= 0.6 is 23.2 Å². The van der Waals surface area contributed by atoms with Crippen LogP contribution in [-0.2, 0) is 19.5 Å². The van der Waals surface area contributed by atoms with E-state index in [9.17, 15) is 19.6 Å². The zero-order valence-electron chi connectivity index (χ0n) is 18.3. The van der Waals surface area contributed by atoms with Crippen LogP contribution in [0.5, 0.6) is 0 Å². The highest BCUT2D eigenvalue weighted by atomic mass is 35.5. The number of carbonyl (C=O) groups is 1. The average Bonchev–Trinajstić information content (AvgIpc) is 3.19. The van der Waals surface area contributed by atoms with E-state index in [4.69, 9.17) is 23.2 Å². The Morgan fingerprint density at radius 1 is 1.09 bits per heavy atom. The van der Waals surface area contributed by atoms with Gasteiger partial charge in [-0.3, -0.25) is 9.59 Å². The summed E-state index contributed by atoms with van der Waals surface area (Å²) in [5.41, 5.74) is 3.67. The summed E-state index contributed by atoms with van der Waals surface area (Å²) >= 11 is 12.7. The molecule has 4 rings (SSSR count). The van der Waals surface area contributed by atoms with E-state index >= 15 is 0 Å². The quantitative estimate of drug-likeness (QED) is 0.449. The first-order valence-electron chi connectivity index (χ1n) is 10.9. The molecule has 2 aromatic carbocycles. The summed E-state index contributed by atoms with van der Waals surface area (Å²) in [5, 5.41) is 12.4. The Balaban J connectivity index is 1.61. The molecule has 1 unspecified atom stereocenters. The number of nitroso groups, excluding NO2 is 1. The number of fused-ring (bicyclic) bond motifs is 1. The maximum atomic E-state index is 13.0. The lowest BCUT2D eigenvalue weighted by molar-refractivity contribution is 0.100. The molecule has 1 atom stereocenters. The topological polar surface area (TPSA) is 92.0 Å². The van der Waals surface area contributed by atoms with Crippen molar-refractivity contribution < 1.29 is 9.90 Å². The molecule has 0 radical (unpaired) electrons. The molecule has 2 heterocycles. The number of aromatic nitrogens is 1. The van der Waals surface area contributed by atoms with Crippen LogP contribution in [0, 0.1) is 4.91 Å². The Hall–Kier alpha value is -3.00. The van der Waals surface area contributed by atoms with Crippen molar-refractivity contribution in [3.63, 3.8) is 0 Å². The largest absolute Gasteiger partial charge is 0.396 e. The summed E-state index contributed by atoms with van der Waals surface area (Å²) in [6.45, 7) is 1.58. The van der Waals surface area contributed by atoms with Crippen molar-refractivity contribution in [3.05, 3.63) is 102 Å². The zero-order valence-corrected chi connectivity index (χ0v) is 19.8. The molecule has 1 aliphatic heterocycles. The number of rotatable bonds is 8. The van der Waals surface area contributed by atoms with Crippen LogP contribution < -0.4 is 10.5 Å². The van der Waals surface area contributed by atoms with Crippen LogP contribution in [0.3, 0.4) is 0 Å². The fraction of sp³-hybridized carbons (Fsp3) is 0.280. The van der Waals surface area contributed by atoms with Crippen molar-refractivity contribution in [2.45, 2.75) is 31.8 Å². The van der Waals surface area contributed by atoms with Crippen molar-refractivity contribution in [3.8, 4) is 0 Å². The highest BCUT2D eigenvalue weighted by molar-refractivity contribution is 6.34. The molecule has 0 saturated carbocycles. The van der Waals surface area contributed by atoms with Gasteiger partial charge in [-0.05, 0) is 48.2 Å². The second-order valence-corrected chi connectivity index (χ2v) is 9.05. The number of anilines is 1. The van der Waals surface area contributed by atoms with Crippen LogP contribution in [0.4, 0.5) is 5.69 Å². The summed E-state index contributed by atoms with van der Waals surface area (Å²) < 4.78 is 1.60. The Morgan fingerprint density at radius 3 is 2.53 bits per heavy atom. The van der Waals surface area contributed by atoms with E-state index in [0.717, 1.165) is 11.3 Å². The standard InChI is InChI=1S/C25H23Cl2N3O4/c26-20-13-21(27)25(33)30(11-9-16-5-7-17(8-6-16)24(32)28-34)23(20)15-29-14-18(10-12-31)19-3-1-2-4-22(19)29/h1-8,13,18,31H,9-12,14-15H2. The van der Waals surface area contributed by atoms with Crippen LogP contribution in [0.2, 0.25) is 10.0 Å². The second-order valence-electron chi connectivity index (χ2n) is 8.24. The van der Waals surface area contributed by atoms with Crippen molar-refractivity contribution in [1.82, 2.24) is 4.57 Å². The molecule has 0 aliphatic carbocycles. The monoisotopic (exact) mass is 499 g/mol. The highest BCUT2D eigenvalue weighted by Crippen LogP contribution is 2.39. The van der Waals surface area contributed by atoms with E-state index in [1.807, 2.05) is 18.2 Å². The highest BCUT2D eigenvalue weighted by Gasteiger charge is 2.29. The molecule has 0 bridgehead atoms. The van der Waals surface area contributed by atoms with Crippen LogP contribution in [0.1, 0.15) is 39.5 Å². The van der Waals surface area contributed by atoms with Crippen molar-refractivity contribution in [2.75, 3.05) is 18.1 Å². The van der Waals surface area contributed by atoms with Gasteiger partial charge >= 0.3 is 5.91 Å². The Kier molecular flexibility index (Phi) is 7.46. The summed E-state index contributed by atoms with van der Waals surface area (Å²) in [5.74, 6) is -0.619. The van der Waals surface area contributed by atoms with Crippen molar-refractivity contribution >= 4 is 34.8 Å². The maximum Gasteiger partial charge on any atom is 0.316 e. The Morgan fingerprint density at radius 2 is 1.82 bits per heavy atom. The van der Waals surface area contributed by atoms with Gasteiger partial charge in [-0.25, -0.2) is 0 Å². The predicted octanol–water partition coefficient (Wildman–Crippen LogP) is 4.79. The minimum absolute atomic E-state index is 0.0479. The number of aliphatic hydroxyl groups excluding tert-OH is 1. The minimum atomic E-state index is -0.822. The van der Waals surface area contributed by atoms with E-state index in [1.54, 1.807) is 16.7 Å². The number of benzene rings is 2. The van der Waals surface area contributed by atoms with E-state index in [2.05, 4.69) is 16.1 Å². The van der Waals surface area contributed by atoms with E-state index in [1.165, 1.54) is 23.8 Å². The van der Waals surface area contributed by atoms with E-state index in [0.29, 0.717) is 43.2 Å². The molecule has 3 aromatic rings. The fourth-order valence-electron chi connectivity index (χ4n) is 4.46. The third-order valence-corrected chi connectivity index (χ3v) is 6.79. The molecule has 0 spiro atoms. The first-order valence-corrected chi connectivity index (χ1v) is 11.7. The first kappa shape index (κ1) is 24.1. The number of aliphatic hydroxyl groups is 1. The van der Waals surface area contributed by atoms with Crippen LogP contribution in [0.15, 0.2) is 64.6 Å². The number of halogens is 2. The molecule has 9 heteroatoms. The van der Waals surface area contributed by atoms with E-state index < -0.39 is 5.91 Å².